The van der Waals surface area contributed by atoms with E-state index >= 15 is 0 Å². The number of rotatable bonds is 7. The molecule has 0 spiro atoms. The number of carbonyl (C=O) groups is 2. The summed E-state index contributed by atoms with van der Waals surface area (Å²) in [6, 6.07) is 27.1. The first-order chi connectivity index (χ1) is 18.8. The fraction of sp³-hybridized carbons (Fsp3) is 0.161. The SMILES string of the molecule is O=C(CSc1ccccc1)NC1Cc2ccc(NC(=O)c3ccccc3-c3ccc(C(F)(F)F)cc3)cc2C1. The Kier molecular flexibility index (Phi) is 7.74. The first-order valence-electron chi connectivity index (χ1n) is 12.4. The van der Waals surface area contributed by atoms with Gasteiger partial charge in [-0.25, -0.2) is 0 Å². The Morgan fingerprint density at radius 3 is 2.26 bits per heavy atom. The van der Waals surface area contributed by atoms with Crippen LogP contribution in [0.5, 0.6) is 0 Å². The number of halogens is 3. The van der Waals surface area contributed by atoms with Crippen LogP contribution in [0.3, 0.4) is 0 Å². The van der Waals surface area contributed by atoms with Gasteiger partial charge in [0.05, 0.1) is 11.3 Å². The van der Waals surface area contributed by atoms with Crippen LogP contribution in [0, 0.1) is 0 Å². The average molecular weight is 547 g/mol. The molecule has 1 aliphatic carbocycles. The van der Waals surface area contributed by atoms with Crippen LogP contribution >= 0.6 is 11.8 Å². The smallest absolute Gasteiger partial charge is 0.352 e. The van der Waals surface area contributed by atoms with Gasteiger partial charge in [-0.05, 0) is 77.6 Å². The molecule has 39 heavy (non-hydrogen) atoms. The highest BCUT2D eigenvalue weighted by atomic mass is 32.2. The van der Waals surface area contributed by atoms with E-state index in [-0.39, 0.29) is 17.9 Å². The molecule has 1 atom stereocenters. The lowest BCUT2D eigenvalue weighted by atomic mass is 9.98. The van der Waals surface area contributed by atoms with Gasteiger partial charge in [0, 0.05) is 22.2 Å². The summed E-state index contributed by atoms with van der Waals surface area (Å²) in [6.07, 6.45) is -3.03. The highest BCUT2D eigenvalue weighted by molar-refractivity contribution is 8.00. The number of nitrogens with one attached hydrogen (secondary N) is 2. The largest absolute Gasteiger partial charge is 0.416 e. The molecule has 1 aliphatic rings. The maximum absolute atomic E-state index is 13.2. The third kappa shape index (κ3) is 6.52. The van der Waals surface area contributed by atoms with Gasteiger partial charge in [-0.15, -0.1) is 11.8 Å². The molecule has 198 valence electrons. The van der Waals surface area contributed by atoms with Crippen LogP contribution in [0.4, 0.5) is 18.9 Å². The lowest BCUT2D eigenvalue weighted by Gasteiger charge is -2.13. The van der Waals surface area contributed by atoms with Gasteiger partial charge in [0.25, 0.3) is 5.91 Å². The third-order valence-electron chi connectivity index (χ3n) is 6.57. The zero-order valence-electron chi connectivity index (χ0n) is 20.8. The Bertz CT molecular complexity index is 1490. The number of thioether (sulfide) groups is 1. The van der Waals surface area contributed by atoms with Crippen LogP contribution in [0.1, 0.15) is 27.0 Å². The second-order valence-corrected chi connectivity index (χ2v) is 10.4. The van der Waals surface area contributed by atoms with E-state index in [4.69, 9.17) is 0 Å². The quantitative estimate of drug-likeness (QED) is 0.246. The zero-order valence-corrected chi connectivity index (χ0v) is 21.6. The molecular formula is C31H25F3N2O2S. The van der Waals surface area contributed by atoms with E-state index in [1.807, 2.05) is 48.5 Å². The van der Waals surface area contributed by atoms with Crippen molar-refractivity contribution in [3.8, 4) is 11.1 Å². The molecular weight excluding hydrogens is 521 g/mol. The minimum Gasteiger partial charge on any atom is -0.352 e. The first-order valence-corrected chi connectivity index (χ1v) is 13.4. The van der Waals surface area contributed by atoms with Crippen LogP contribution in [0.2, 0.25) is 0 Å². The summed E-state index contributed by atoms with van der Waals surface area (Å²) in [7, 11) is 0. The van der Waals surface area contributed by atoms with E-state index in [1.54, 1.807) is 24.3 Å². The Morgan fingerprint density at radius 2 is 1.51 bits per heavy atom. The Hall–Kier alpha value is -4.04. The predicted octanol–water partition coefficient (Wildman–Crippen LogP) is 7.00. The normalized spacial score (nSPS) is 14.5. The van der Waals surface area contributed by atoms with Crippen molar-refractivity contribution in [2.24, 2.45) is 0 Å². The van der Waals surface area contributed by atoms with Crippen LogP contribution in [-0.2, 0) is 23.8 Å². The summed E-state index contributed by atoms with van der Waals surface area (Å²) in [4.78, 5) is 26.7. The van der Waals surface area contributed by atoms with Gasteiger partial charge >= 0.3 is 6.18 Å². The van der Waals surface area contributed by atoms with Crippen LogP contribution in [-0.4, -0.2) is 23.6 Å². The Morgan fingerprint density at radius 1 is 0.821 bits per heavy atom. The topological polar surface area (TPSA) is 58.2 Å². The number of hydrogen-bond acceptors (Lipinski definition) is 3. The fourth-order valence-electron chi connectivity index (χ4n) is 4.70. The molecule has 0 fully saturated rings. The van der Waals surface area contributed by atoms with E-state index in [0.29, 0.717) is 34.6 Å². The predicted molar refractivity (Wildman–Crippen MR) is 148 cm³/mol. The first kappa shape index (κ1) is 26.6. The minimum absolute atomic E-state index is 0.00443. The van der Waals surface area contributed by atoms with Gasteiger partial charge in [-0.1, -0.05) is 54.6 Å². The molecule has 2 N–H and O–H groups in total. The maximum atomic E-state index is 13.2. The molecule has 4 aromatic rings. The van der Waals surface area contributed by atoms with Gasteiger partial charge in [0.15, 0.2) is 0 Å². The summed E-state index contributed by atoms with van der Waals surface area (Å²) < 4.78 is 38.9. The fourth-order valence-corrected chi connectivity index (χ4v) is 5.43. The number of hydrogen-bond donors (Lipinski definition) is 2. The van der Waals surface area contributed by atoms with Crippen LogP contribution < -0.4 is 10.6 Å². The summed E-state index contributed by atoms with van der Waals surface area (Å²) in [5, 5.41) is 6.02. The molecule has 0 saturated carbocycles. The molecule has 0 aliphatic heterocycles. The summed E-state index contributed by atoms with van der Waals surface area (Å²) in [5.41, 5.74) is 3.49. The lowest BCUT2D eigenvalue weighted by molar-refractivity contribution is -0.137. The summed E-state index contributed by atoms with van der Waals surface area (Å²) in [6.45, 7) is 0. The maximum Gasteiger partial charge on any atom is 0.416 e. The second kappa shape index (κ2) is 11.4. The molecule has 1 unspecified atom stereocenters. The molecule has 0 radical (unpaired) electrons. The van der Waals surface area contributed by atoms with E-state index in [1.165, 1.54) is 23.9 Å². The number of anilines is 1. The standard InChI is InChI=1S/C31H25F3N2O2S/c32-31(33,34)23-13-10-20(11-14-23)27-8-4-5-9-28(27)30(38)36-24-15-12-21-16-25(18-22(21)17-24)35-29(37)19-39-26-6-2-1-3-7-26/h1-15,17,25H,16,18-19H2,(H,35,37)(H,36,38). The number of amides is 2. The molecule has 0 heterocycles. The van der Waals surface area contributed by atoms with Gasteiger partial charge in [-0.3, -0.25) is 9.59 Å². The van der Waals surface area contributed by atoms with E-state index in [9.17, 15) is 22.8 Å². The molecule has 0 bridgehead atoms. The molecule has 5 rings (SSSR count). The van der Waals surface area contributed by atoms with Gasteiger partial charge < -0.3 is 10.6 Å². The van der Waals surface area contributed by atoms with E-state index in [0.717, 1.165) is 34.6 Å². The molecule has 8 heteroatoms. The van der Waals surface area contributed by atoms with Gasteiger partial charge in [0.2, 0.25) is 5.91 Å². The zero-order chi connectivity index (χ0) is 27.4. The molecule has 2 amide bonds. The number of benzene rings is 4. The number of fused-ring (bicyclic) bond motifs is 1. The minimum atomic E-state index is -4.42. The van der Waals surface area contributed by atoms with Gasteiger partial charge in [-0.2, -0.15) is 13.2 Å². The molecule has 4 nitrogen and oxygen atoms in total. The van der Waals surface area contributed by atoms with Crippen LogP contribution in [0.15, 0.2) is 102 Å². The van der Waals surface area contributed by atoms with Crippen molar-refractivity contribution in [3.63, 3.8) is 0 Å². The molecule has 4 aromatic carbocycles. The summed E-state index contributed by atoms with van der Waals surface area (Å²) >= 11 is 1.49. The number of alkyl halides is 3. The Balaban J connectivity index is 1.22. The molecule has 0 saturated heterocycles. The highest BCUT2D eigenvalue weighted by Crippen LogP contribution is 2.32. The second-order valence-electron chi connectivity index (χ2n) is 9.33. The van der Waals surface area contributed by atoms with Crippen molar-refractivity contribution in [2.45, 2.75) is 30.0 Å². The van der Waals surface area contributed by atoms with E-state index in [2.05, 4.69) is 10.6 Å². The van der Waals surface area contributed by atoms with Crippen molar-refractivity contribution < 1.29 is 22.8 Å². The van der Waals surface area contributed by atoms with Crippen molar-refractivity contribution >= 4 is 29.3 Å². The van der Waals surface area contributed by atoms with E-state index < -0.39 is 11.7 Å². The highest BCUT2D eigenvalue weighted by Gasteiger charge is 2.30. The Labute approximate surface area is 228 Å². The van der Waals surface area contributed by atoms with Crippen molar-refractivity contribution in [1.82, 2.24) is 5.32 Å². The lowest BCUT2D eigenvalue weighted by Crippen LogP contribution is -2.36. The van der Waals surface area contributed by atoms with Crippen molar-refractivity contribution in [2.75, 3.05) is 11.1 Å². The summed E-state index contributed by atoms with van der Waals surface area (Å²) in [5.74, 6) is -0.0300. The van der Waals surface area contributed by atoms with Gasteiger partial charge in [0.1, 0.15) is 0 Å². The monoisotopic (exact) mass is 546 g/mol. The van der Waals surface area contributed by atoms with Crippen LogP contribution in [0.25, 0.3) is 11.1 Å². The van der Waals surface area contributed by atoms with Crippen molar-refractivity contribution in [1.29, 1.82) is 0 Å². The van der Waals surface area contributed by atoms with Crippen molar-refractivity contribution in [3.05, 3.63) is 119 Å². The molecule has 0 aromatic heterocycles. The number of carbonyl (C=O) groups excluding carboxylic acids is 2. The third-order valence-corrected chi connectivity index (χ3v) is 7.58. The average Bonchev–Trinajstić information content (AvgIpc) is 3.33.